The maximum atomic E-state index is 10.3. The fourth-order valence-electron chi connectivity index (χ4n) is 3.69. The molecule has 0 amide bonds. The van der Waals surface area contributed by atoms with Gasteiger partial charge in [0.25, 0.3) is 0 Å². The Hall–Kier alpha value is -2.36. The summed E-state index contributed by atoms with van der Waals surface area (Å²) in [4.78, 5) is 9.44. The van der Waals surface area contributed by atoms with Crippen LogP contribution in [0.15, 0.2) is 47.5 Å². The van der Waals surface area contributed by atoms with Crippen molar-refractivity contribution in [1.82, 2.24) is 10.2 Å². The SMILES string of the molecule is CCNC(=NCCc1cccc(OC)c1O)N1CCN(c2ccccc2OC)CC1.I. The number of hydrogen-bond donors (Lipinski definition) is 2. The zero-order valence-electron chi connectivity index (χ0n) is 18.5. The number of aromatic hydroxyl groups is 1. The Balaban J connectivity index is 0.00000341. The summed E-state index contributed by atoms with van der Waals surface area (Å²) in [5.41, 5.74) is 1.98. The molecule has 1 fully saturated rings. The van der Waals surface area contributed by atoms with Gasteiger partial charge in [-0.2, -0.15) is 0 Å². The average molecular weight is 540 g/mol. The number of phenolic OH excluding ortho intramolecular Hbond substituents is 1. The number of nitrogens with zero attached hydrogens (tertiary/aromatic N) is 3. The normalized spacial score (nSPS) is 14.1. The van der Waals surface area contributed by atoms with E-state index in [1.807, 2.05) is 30.3 Å². The van der Waals surface area contributed by atoms with Gasteiger partial charge in [0.15, 0.2) is 17.5 Å². The van der Waals surface area contributed by atoms with Crippen molar-refractivity contribution in [2.75, 3.05) is 58.4 Å². The van der Waals surface area contributed by atoms with Crippen LogP contribution < -0.4 is 19.7 Å². The Morgan fingerprint density at radius 3 is 2.35 bits per heavy atom. The van der Waals surface area contributed by atoms with Crippen LogP contribution in [-0.2, 0) is 6.42 Å². The van der Waals surface area contributed by atoms with E-state index in [0.717, 1.165) is 55.7 Å². The van der Waals surface area contributed by atoms with Crippen LogP contribution in [0.1, 0.15) is 12.5 Å². The third-order valence-electron chi connectivity index (χ3n) is 5.29. The number of para-hydroxylation sites is 3. The van der Waals surface area contributed by atoms with Crippen molar-refractivity contribution in [3.8, 4) is 17.2 Å². The molecule has 2 aromatic carbocycles. The molecule has 1 aliphatic heterocycles. The molecule has 2 N–H and O–H groups in total. The fraction of sp³-hybridized carbons (Fsp3) is 0.435. The molecule has 1 heterocycles. The zero-order valence-corrected chi connectivity index (χ0v) is 20.8. The van der Waals surface area contributed by atoms with Gasteiger partial charge in [0, 0.05) is 39.3 Å². The van der Waals surface area contributed by atoms with Gasteiger partial charge < -0.3 is 29.7 Å². The number of rotatable bonds is 7. The molecular formula is C23H33IN4O3. The van der Waals surface area contributed by atoms with Crippen LogP contribution in [0.5, 0.6) is 17.2 Å². The van der Waals surface area contributed by atoms with E-state index in [1.54, 1.807) is 20.3 Å². The van der Waals surface area contributed by atoms with E-state index in [0.29, 0.717) is 18.7 Å². The number of hydrogen-bond acceptors (Lipinski definition) is 5. The van der Waals surface area contributed by atoms with Crippen molar-refractivity contribution >= 4 is 35.6 Å². The van der Waals surface area contributed by atoms with Crippen molar-refractivity contribution in [2.45, 2.75) is 13.3 Å². The van der Waals surface area contributed by atoms with E-state index in [9.17, 15) is 5.11 Å². The molecule has 0 spiro atoms. The second-order valence-electron chi connectivity index (χ2n) is 7.10. The largest absolute Gasteiger partial charge is 0.504 e. The molecule has 8 heteroatoms. The van der Waals surface area contributed by atoms with E-state index >= 15 is 0 Å². The molecule has 31 heavy (non-hydrogen) atoms. The van der Waals surface area contributed by atoms with Crippen LogP contribution in [0.4, 0.5) is 5.69 Å². The van der Waals surface area contributed by atoms with Gasteiger partial charge in [-0.15, -0.1) is 24.0 Å². The van der Waals surface area contributed by atoms with Crippen LogP contribution in [-0.4, -0.2) is 69.5 Å². The van der Waals surface area contributed by atoms with Crippen molar-refractivity contribution < 1.29 is 14.6 Å². The molecule has 0 unspecified atom stereocenters. The number of nitrogens with one attached hydrogen (secondary N) is 1. The predicted octanol–water partition coefficient (Wildman–Crippen LogP) is 3.36. The standard InChI is InChI=1S/C23H32N4O3.HI/c1-4-24-23(25-13-12-18-8-7-11-21(30-3)22(18)28)27-16-14-26(15-17-27)19-9-5-6-10-20(19)29-2;/h5-11,28H,4,12-17H2,1-3H3,(H,24,25);1H. The summed E-state index contributed by atoms with van der Waals surface area (Å²) in [6.45, 7) is 7.06. The number of methoxy groups -OCH3 is 2. The lowest BCUT2D eigenvalue weighted by molar-refractivity contribution is 0.366. The molecule has 0 bridgehead atoms. The van der Waals surface area contributed by atoms with Gasteiger partial charge in [-0.05, 0) is 37.1 Å². The van der Waals surface area contributed by atoms with Gasteiger partial charge in [-0.25, -0.2) is 0 Å². The summed E-state index contributed by atoms with van der Waals surface area (Å²) in [5, 5.41) is 13.7. The smallest absolute Gasteiger partial charge is 0.194 e. The van der Waals surface area contributed by atoms with Crippen LogP contribution in [0.25, 0.3) is 0 Å². The fourth-order valence-corrected chi connectivity index (χ4v) is 3.69. The number of halogens is 1. The predicted molar refractivity (Wildman–Crippen MR) is 137 cm³/mol. The average Bonchev–Trinajstić information content (AvgIpc) is 2.79. The lowest BCUT2D eigenvalue weighted by atomic mass is 10.1. The Morgan fingerprint density at radius 1 is 1.00 bits per heavy atom. The lowest BCUT2D eigenvalue weighted by Crippen LogP contribution is -2.52. The summed E-state index contributed by atoms with van der Waals surface area (Å²) in [6.07, 6.45) is 0.652. The minimum absolute atomic E-state index is 0. The first-order valence-electron chi connectivity index (χ1n) is 10.4. The maximum Gasteiger partial charge on any atom is 0.194 e. The quantitative estimate of drug-likeness (QED) is 0.319. The number of phenols is 1. The molecule has 7 nitrogen and oxygen atoms in total. The van der Waals surface area contributed by atoms with E-state index < -0.39 is 0 Å². The Labute approximate surface area is 202 Å². The maximum absolute atomic E-state index is 10.3. The Kier molecular flexibility index (Phi) is 10.0. The van der Waals surface area contributed by atoms with Gasteiger partial charge >= 0.3 is 0 Å². The summed E-state index contributed by atoms with van der Waals surface area (Å²) >= 11 is 0. The number of ether oxygens (including phenoxy) is 2. The first-order valence-corrected chi connectivity index (χ1v) is 10.4. The molecule has 0 atom stereocenters. The molecule has 2 aromatic rings. The van der Waals surface area contributed by atoms with Crippen LogP contribution in [0.3, 0.4) is 0 Å². The van der Waals surface area contributed by atoms with E-state index in [4.69, 9.17) is 14.5 Å². The van der Waals surface area contributed by atoms with Crippen molar-refractivity contribution in [2.24, 2.45) is 4.99 Å². The molecule has 0 saturated carbocycles. The highest BCUT2D eigenvalue weighted by atomic mass is 127. The van der Waals surface area contributed by atoms with Gasteiger partial charge in [0.1, 0.15) is 5.75 Å². The third kappa shape index (κ3) is 6.32. The molecule has 170 valence electrons. The number of anilines is 1. The number of aliphatic imine (C=N–C) groups is 1. The minimum Gasteiger partial charge on any atom is -0.504 e. The molecule has 0 aromatic heterocycles. The first-order chi connectivity index (χ1) is 14.7. The van der Waals surface area contributed by atoms with Crippen molar-refractivity contribution in [3.63, 3.8) is 0 Å². The minimum atomic E-state index is 0. The number of piperazine rings is 1. The van der Waals surface area contributed by atoms with Gasteiger partial charge in [0.05, 0.1) is 19.9 Å². The lowest BCUT2D eigenvalue weighted by Gasteiger charge is -2.38. The molecule has 0 aliphatic carbocycles. The topological polar surface area (TPSA) is 69.6 Å². The highest BCUT2D eigenvalue weighted by Gasteiger charge is 2.21. The summed E-state index contributed by atoms with van der Waals surface area (Å²) < 4.78 is 10.7. The Morgan fingerprint density at radius 2 is 1.68 bits per heavy atom. The highest BCUT2D eigenvalue weighted by Crippen LogP contribution is 2.30. The summed E-state index contributed by atoms with van der Waals surface area (Å²) in [7, 11) is 3.27. The Bertz CT molecular complexity index is 854. The van der Waals surface area contributed by atoms with Crippen LogP contribution in [0.2, 0.25) is 0 Å². The van der Waals surface area contributed by atoms with E-state index in [1.165, 1.54) is 0 Å². The van der Waals surface area contributed by atoms with Gasteiger partial charge in [0.2, 0.25) is 0 Å². The monoisotopic (exact) mass is 540 g/mol. The molecule has 0 radical (unpaired) electrons. The van der Waals surface area contributed by atoms with E-state index in [-0.39, 0.29) is 29.7 Å². The summed E-state index contributed by atoms with van der Waals surface area (Å²) in [6, 6.07) is 13.7. The van der Waals surface area contributed by atoms with Crippen LogP contribution in [0, 0.1) is 0 Å². The van der Waals surface area contributed by atoms with E-state index in [2.05, 4.69) is 28.1 Å². The molecule has 1 aliphatic rings. The second kappa shape index (κ2) is 12.5. The van der Waals surface area contributed by atoms with Crippen molar-refractivity contribution in [1.29, 1.82) is 0 Å². The number of guanidine groups is 1. The number of benzene rings is 2. The van der Waals surface area contributed by atoms with Gasteiger partial charge in [-0.3, -0.25) is 4.99 Å². The molecule has 3 rings (SSSR count). The molecule has 1 saturated heterocycles. The van der Waals surface area contributed by atoms with Crippen molar-refractivity contribution in [3.05, 3.63) is 48.0 Å². The highest BCUT2D eigenvalue weighted by molar-refractivity contribution is 14.0. The molecular weight excluding hydrogens is 507 g/mol. The summed E-state index contributed by atoms with van der Waals surface area (Å²) in [5.74, 6) is 2.52. The zero-order chi connectivity index (χ0) is 21.3. The second-order valence-corrected chi connectivity index (χ2v) is 7.10. The van der Waals surface area contributed by atoms with Gasteiger partial charge in [-0.1, -0.05) is 24.3 Å². The first kappa shape index (κ1) is 24.9. The third-order valence-corrected chi connectivity index (χ3v) is 5.29. The van der Waals surface area contributed by atoms with Crippen LogP contribution >= 0.6 is 24.0 Å².